The van der Waals surface area contributed by atoms with Crippen molar-refractivity contribution in [1.29, 1.82) is 0 Å². The lowest BCUT2D eigenvalue weighted by molar-refractivity contribution is -0.147. The van der Waals surface area contributed by atoms with Crippen molar-refractivity contribution in [2.45, 2.75) is 53.3 Å². The topological polar surface area (TPSA) is 47.6 Å². The molecular formula is C16H25NO3. The number of ether oxygens (including phenoxy) is 2. The van der Waals surface area contributed by atoms with Crippen LogP contribution in [0.3, 0.4) is 0 Å². The van der Waals surface area contributed by atoms with Gasteiger partial charge >= 0.3 is 5.97 Å². The first-order chi connectivity index (χ1) is 9.35. The molecule has 0 aliphatic rings. The van der Waals surface area contributed by atoms with Gasteiger partial charge in [0.05, 0.1) is 7.11 Å². The van der Waals surface area contributed by atoms with Gasteiger partial charge in [-0.3, -0.25) is 0 Å². The number of esters is 1. The molecule has 0 amide bonds. The van der Waals surface area contributed by atoms with Crippen LogP contribution in [0.1, 0.15) is 37.5 Å². The standard InChI is InChI=1S/C16H25NO3/c1-10(2)17-9-14-7-11(3)15(12(4)8-14)20-13(5)16(18)19-6/h7-8,10,13,17H,9H2,1-6H3. The lowest BCUT2D eigenvalue weighted by atomic mass is 10.1. The van der Waals surface area contributed by atoms with Crippen LogP contribution in [0, 0.1) is 13.8 Å². The molecule has 0 fully saturated rings. The molecule has 1 aromatic carbocycles. The van der Waals surface area contributed by atoms with Crippen LogP contribution >= 0.6 is 0 Å². The highest BCUT2D eigenvalue weighted by molar-refractivity contribution is 5.74. The first-order valence-corrected chi connectivity index (χ1v) is 6.93. The number of rotatable bonds is 6. The fraction of sp³-hybridized carbons (Fsp3) is 0.562. The van der Waals surface area contributed by atoms with Crippen LogP contribution in [0.15, 0.2) is 12.1 Å². The number of aryl methyl sites for hydroxylation is 2. The quantitative estimate of drug-likeness (QED) is 0.813. The lowest BCUT2D eigenvalue weighted by Crippen LogP contribution is -2.26. The van der Waals surface area contributed by atoms with Gasteiger partial charge in [0.2, 0.25) is 0 Å². The van der Waals surface area contributed by atoms with E-state index in [-0.39, 0.29) is 5.97 Å². The van der Waals surface area contributed by atoms with Gasteiger partial charge in [0.25, 0.3) is 0 Å². The Morgan fingerprint density at radius 1 is 1.20 bits per heavy atom. The van der Waals surface area contributed by atoms with Crippen LogP contribution in [0.4, 0.5) is 0 Å². The number of benzene rings is 1. The van der Waals surface area contributed by atoms with E-state index in [0.29, 0.717) is 6.04 Å². The molecule has 1 aromatic rings. The minimum absolute atomic E-state index is 0.366. The molecular weight excluding hydrogens is 254 g/mol. The highest BCUT2D eigenvalue weighted by atomic mass is 16.6. The molecule has 0 saturated carbocycles. The van der Waals surface area contributed by atoms with Gasteiger partial charge in [0, 0.05) is 12.6 Å². The zero-order valence-corrected chi connectivity index (χ0v) is 13.2. The predicted octanol–water partition coefficient (Wildman–Crippen LogP) is 2.74. The molecule has 0 aromatic heterocycles. The van der Waals surface area contributed by atoms with E-state index in [9.17, 15) is 4.79 Å². The molecule has 0 aliphatic carbocycles. The van der Waals surface area contributed by atoms with Crippen molar-refractivity contribution < 1.29 is 14.3 Å². The first kappa shape index (κ1) is 16.5. The molecule has 0 saturated heterocycles. The van der Waals surface area contributed by atoms with Crippen molar-refractivity contribution in [2.24, 2.45) is 0 Å². The Kier molecular flexibility index (Phi) is 6.02. The molecule has 1 rings (SSSR count). The van der Waals surface area contributed by atoms with Crippen molar-refractivity contribution in [2.75, 3.05) is 7.11 Å². The molecule has 0 spiro atoms. The third kappa shape index (κ3) is 4.53. The van der Waals surface area contributed by atoms with E-state index in [1.807, 2.05) is 13.8 Å². The van der Waals surface area contributed by atoms with E-state index in [2.05, 4.69) is 36.0 Å². The number of nitrogens with one attached hydrogen (secondary N) is 1. The number of hydrogen-bond acceptors (Lipinski definition) is 4. The third-order valence-corrected chi connectivity index (χ3v) is 3.06. The molecule has 4 heteroatoms. The van der Waals surface area contributed by atoms with Crippen molar-refractivity contribution in [3.63, 3.8) is 0 Å². The Bertz CT molecular complexity index is 446. The largest absolute Gasteiger partial charge is 0.478 e. The van der Waals surface area contributed by atoms with Crippen LogP contribution < -0.4 is 10.1 Å². The van der Waals surface area contributed by atoms with E-state index in [0.717, 1.165) is 23.4 Å². The Hall–Kier alpha value is -1.55. The first-order valence-electron chi connectivity index (χ1n) is 6.93. The summed E-state index contributed by atoms with van der Waals surface area (Å²) in [5.41, 5.74) is 3.27. The van der Waals surface area contributed by atoms with Crippen LogP contribution in [0.25, 0.3) is 0 Å². The fourth-order valence-corrected chi connectivity index (χ4v) is 2.04. The number of methoxy groups -OCH3 is 1. The van der Waals surface area contributed by atoms with E-state index in [1.54, 1.807) is 6.92 Å². The summed E-state index contributed by atoms with van der Waals surface area (Å²) in [6.07, 6.45) is -0.600. The number of carbonyl (C=O) groups is 1. The average Bonchev–Trinajstić information content (AvgIpc) is 2.39. The Morgan fingerprint density at radius 2 is 1.75 bits per heavy atom. The van der Waals surface area contributed by atoms with Gasteiger partial charge in [-0.1, -0.05) is 26.0 Å². The number of carbonyl (C=O) groups excluding carboxylic acids is 1. The maximum atomic E-state index is 11.4. The van der Waals surface area contributed by atoms with E-state index in [4.69, 9.17) is 4.74 Å². The SMILES string of the molecule is COC(=O)C(C)Oc1c(C)cc(CNC(C)C)cc1C. The maximum Gasteiger partial charge on any atom is 0.346 e. The molecule has 1 N–H and O–H groups in total. The second kappa shape index (κ2) is 7.29. The molecule has 0 radical (unpaired) electrons. The smallest absolute Gasteiger partial charge is 0.346 e. The van der Waals surface area contributed by atoms with Crippen molar-refractivity contribution in [3.05, 3.63) is 28.8 Å². The van der Waals surface area contributed by atoms with E-state index in [1.165, 1.54) is 12.7 Å². The fourth-order valence-electron chi connectivity index (χ4n) is 2.04. The molecule has 1 unspecified atom stereocenters. The lowest BCUT2D eigenvalue weighted by Gasteiger charge is -2.18. The summed E-state index contributed by atoms with van der Waals surface area (Å²) < 4.78 is 10.4. The van der Waals surface area contributed by atoms with Crippen LogP contribution in [0.2, 0.25) is 0 Å². The summed E-state index contributed by atoms with van der Waals surface area (Å²) in [5.74, 6) is 0.394. The summed E-state index contributed by atoms with van der Waals surface area (Å²) in [6.45, 7) is 10.7. The molecule has 4 nitrogen and oxygen atoms in total. The van der Waals surface area contributed by atoms with Crippen molar-refractivity contribution in [1.82, 2.24) is 5.32 Å². The van der Waals surface area contributed by atoms with Gasteiger partial charge < -0.3 is 14.8 Å². The zero-order valence-electron chi connectivity index (χ0n) is 13.2. The average molecular weight is 279 g/mol. The minimum atomic E-state index is -0.600. The van der Waals surface area contributed by atoms with Gasteiger partial charge in [-0.05, 0) is 37.5 Å². The predicted molar refractivity (Wildman–Crippen MR) is 80.0 cm³/mol. The van der Waals surface area contributed by atoms with Crippen LogP contribution in [0.5, 0.6) is 5.75 Å². The van der Waals surface area contributed by atoms with Gasteiger partial charge in [-0.2, -0.15) is 0 Å². The summed E-state index contributed by atoms with van der Waals surface area (Å²) in [5, 5.41) is 3.39. The van der Waals surface area contributed by atoms with Crippen LogP contribution in [-0.2, 0) is 16.1 Å². The van der Waals surface area contributed by atoms with Gasteiger partial charge in [-0.15, -0.1) is 0 Å². The van der Waals surface area contributed by atoms with Crippen LogP contribution in [-0.4, -0.2) is 25.2 Å². The van der Waals surface area contributed by atoms with Gasteiger partial charge in [0.15, 0.2) is 6.10 Å². The van der Waals surface area contributed by atoms with Gasteiger partial charge in [-0.25, -0.2) is 4.79 Å². The molecule has 0 aliphatic heterocycles. The maximum absolute atomic E-state index is 11.4. The normalized spacial score (nSPS) is 12.3. The summed E-state index contributed by atoms with van der Waals surface area (Å²) in [6, 6.07) is 4.62. The molecule has 1 atom stereocenters. The summed E-state index contributed by atoms with van der Waals surface area (Å²) >= 11 is 0. The molecule has 0 bridgehead atoms. The zero-order chi connectivity index (χ0) is 15.3. The highest BCUT2D eigenvalue weighted by Gasteiger charge is 2.17. The summed E-state index contributed by atoms with van der Waals surface area (Å²) in [7, 11) is 1.36. The Balaban J connectivity index is 2.86. The minimum Gasteiger partial charge on any atom is -0.478 e. The summed E-state index contributed by atoms with van der Waals surface area (Å²) in [4.78, 5) is 11.4. The van der Waals surface area contributed by atoms with E-state index >= 15 is 0 Å². The van der Waals surface area contributed by atoms with E-state index < -0.39 is 6.10 Å². The number of hydrogen-bond donors (Lipinski definition) is 1. The van der Waals surface area contributed by atoms with Crippen molar-refractivity contribution in [3.8, 4) is 5.75 Å². The third-order valence-electron chi connectivity index (χ3n) is 3.06. The molecule has 0 heterocycles. The molecule has 112 valence electrons. The molecule has 20 heavy (non-hydrogen) atoms. The Morgan fingerprint density at radius 3 is 2.20 bits per heavy atom. The second-order valence-electron chi connectivity index (χ2n) is 5.38. The monoisotopic (exact) mass is 279 g/mol. The van der Waals surface area contributed by atoms with Gasteiger partial charge in [0.1, 0.15) is 5.75 Å². The van der Waals surface area contributed by atoms with Crippen molar-refractivity contribution >= 4 is 5.97 Å². The second-order valence-corrected chi connectivity index (χ2v) is 5.38. The highest BCUT2D eigenvalue weighted by Crippen LogP contribution is 2.26. The Labute approximate surface area is 121 Å².